The third-order valence-corrected chi connectivity index (χ3v) is 4.83. The quantitative estimate of drug-likeness (QED) is 0.237. The number of carbonyl (C=O) groups is 2. The Morgan fingerprint density at radius 2 is 2.15 bits per heavy atom. The maximum Gasteiger partial charge on any atom is 0.331 e. The van der Waals surface area contributed by atoms with Gasteiger partial charge in [0.25, 0.3) is 11.1 Å². The number of methoxy groups -OCH3 is 1. The second-order valence-electron chi connectivity index (χ2n) is 5.18. The van der Waals surface area contributed by atoms with Crippen LogP contribution in [0.15, 0.2) is 43.9 Å². The molecule has 0 bridgehead atoms. The van der Waals surface area contributed by atoms with Crippen molar-refractivity contribution in [3.8, 4) is 5.75 Å². The van der Waals surface area contributed by atoms with E-state index in [1.165, 1.54) is 13.3 Å². The summed E-state index contributed by atoms with van der Waals surface area (Å²) in [5.41, 5.74) is 0.645. The van der Waals surface area contributed by atoms with Crippen molar-refractivity contribution in [2.45, 2.75) is 0 Å². The van der Waals surface area contributed by atoms with Crippen molar-refractivity contribution in [1.82, 2.24) is 10.2 Å². The highest BCUT2D eigenvalue weighted by atomic mass is 79.9. The zero-order valence-corrected chi connectivity index (χ0v) is 17.8. The molecule has 8 nitrogen and oxygen atoms in total. The van der Waals surface area contributed by atoms with Crippen LogP contribution in [0.4, 0.5) is 0 Å². The van der Waals surface area contributed by atoms with Gasteiger partial charge in [0, 0.05) is 30.2 Å². The lowest BCUT2D eigenvalue weighted by Crippen LogP contribution is -2.25. The van der Waals surface area contributed by atoms with Gasteiger partial charge in [-0.15, -0.1) is 5.10 Å². The molecule has 0 spiro atoms. The first kappa shape index (κ1) is 21.1. The summed E-state index contributed by atoms with van der Waals surface area (Å²) < 4.78 is 11.0. The summed E-state index contributed by atoms with van der Waals surface area (Å²) in [5, 5.41) is 11.0. The lowest BCUT2D eigenvalue weighted by atomic mass is 10.2. The van der Waals surface area contributed by atoms with Crippen LogP contribution in [0.2, 0.25) is 0 Å². The second-order valence-corrected chi connectivity index (χ2v) is 7.48. The molecule has 0 aromatic heterocycles. The SMILES string of the molecule is COC(=O)/C=C1/S/C(=N\N=Cc2ccc(Br)cc2OC(=S)N(C)C)NC1=O. The van der Waals surface area contributed by atoms with E-state index in [9.17, 15) is 9.59 Å². The molecule has 27 heavy (non-hydrogen) atoms. The van der Waals surface area contributed by atoms with Crippen LogP contribution in [0.25, 0.3) is 0 Å². The first-order chi connectivity index (χ1) is 12.8. The Morgan fingerprint density at radius 3 is 2.81 bits per heavy atom. The minimum atomic E-state index is -0.620. The summed E-state index contributed by atoms with van der Waals surface area (Å²) in [6.07, 6.45) is 2.57. The fraction of sp³-hybridized carbons (Fsp3) is 0.188. The summed E-state index contributed by atoms with van der Waals surface area (Å²) in [5.74, 6) is -0.560. The fourth-order valence-electron chi connectivity index (χ4n) is 1.67. The van der Waals surface area contributed by atoms with Crippen LogP contribution in [-0.4, -0.2) is 54.5 Å². The zero-order chi connectivity index (χ0) is 20.0. The van der Waals surface area contributed by atoms with Gasteiger partial charge in [0.15, 0.2) is 5.17 Å². The number of hydrogen-bond acceptors (Lipinski definition) is 8. The molecule has 2 rings (SSSR count). The molecule has 1 aliphatic heterocycles. The number of amides is 1. The van der Waals surface area contributed by atoms with E-state index in [1.54, 1.807) is 31.1 Å². The normalized spacial score (nSPS) is 16.7. The zero-order valence-electron chi connectivity index (χ0n) is 14.6. The molecule has 1 aromatic carbocycles. The van der Waals surface area contributed by atoms with Gasteiger partial charge in [0.05, 0.1) is 18.2 Å². The third kappa shape index (κ3) is 6.15. The van der Waals surface area contributed by atoms with E-state index in [0.717, 1.165) is 22.3 Å². The number of rotatable bonds is 4. The van der Waals surface area contributed by atoms with Crippen LogP contribution in [0.5, 0.6) is 5.75 Å². The van der Waals surface area contributed by atoms with Crippen LogP contribution in [0, 0.1) is 0 Å². The van der Waals surface area contributed by atoms with Crippen molar-refractivity contribution in [2.24, 2.45) is 10.2 Å². The van der Waals surface area contributed by atoms with E-state index in [1.807, 2.05) is 6.07 Å². The Labute approximate surface area is 173 Å². The molecular formula is C16H15BrN4O4S2. The highest BCUT2D eigenvalue weighted by Crippen LogP contribution is 2.25. The number of thioether (sulfide) groups is 1. The van der Waals surface area contributed by atoms with Crippen LogP contribution in [-0.2, 0) is 14.3 Å². The monoisotopic (exact) mass is 470 g/mol. The highest BCUT2D eigenvalue weighted by molar-refractivity contribution is 9.10. The smallest absolute Gasteiger partial charge is 0.331 e. The standard InChI is InChI=1S/C16H15BrN4O4S2/c1-21(2)16(26)25-11-6-10(17)5-4-9(11)8-18-20-15-19-14(23)12(27-15)7-13(22)24-3/h4-8H,1-3H3,(H,19,20,23)/b12-7+,18-8?. The van der Waals surface area contributed by atoms with Crippen LogP contribution >= 0.6 is 39.9 Å². The Hall–Kier alpha value is -2.24. The van der Waals surface area contributed by atoms with Crippen molar-refractivity contribution >= 4 is 68.3 Å². The van der Waals surface area contributed by atoms with Crippen molar-refractivity contribution in [3.05, 3.63) is 39.2 Å². The number of benzene rings is 1. The van der Waals surface area contributed by atoms with E-state index in [-0.39, 0.29) is 10.1 Å². The van der Waals surface area contributed by atoms with Gasteiger partial charge in [-0.1, -0.05) is 15.9 Å². The van der Waals surface area contributed by atoms with Crippen LogP contribution in [0.1, 0.15) is 5.56 Å². The largest absolute Gasteiger partial charge is 0.466 e. The minimum absolute atomic E-state index is 0.180. The molecule has 1 aromatic rings. The lowest BCUT2D eigenvalue weighted by Gasteiger charge is -2.15. The molecule has 1 fully saturated rings. The number of ether oxygens (including phenoxy) is 2. The molecule has 1 heterocycles. The van der Waals surface area contributed by atoms with Gasteiger partial charge in [-0.2, -0.15) is 5.10 Å². The van der Waals surface area contributed by atoms with E-state index in [2.05, 4.69) is 36.2 Å². The summed E-state index contributed by atoms with van der Waals surface area (Å²) in [6, 6.07) is 5.36. The first-order valence-electron chi connectivity index (χ1n) is 7.38. The van der Waals surface area contributed by atoms with Crippen LogP contribution < -0.4 is 10.1 Å². The number of nitrogens with zero attached hydrogens (tertiary/aromatic N) is 3. The summed E-state index contributed by atoms with van der Waals surface area (Å²) in [4.78, 5) is 24.8. The predicted molar refractivity (Wildman–Crippen MR) is 112 cm³/mol. The average Bonchev–Trinajstić information content (AvgIpc) is 2.96. The second kappa shape index (κ2) is 9.62. The molecule has 1 N–H and O–H groups in total. The topological polar surface area (TPSA) is 92.6 Å². The third-order valence-electron chi connectivity index (χ3n) is 2.98. The predicted octanol–water partition coefficient (Wildman–Crippen LogP) is 2.28. The van der Waals surface area contributed by atoms with Gasteiger partial charge in [0.1, 0.15) is 5.75 Å². The maximum absolute atomic E-state index is 11.8. The number of thiocarbonyl (C=S) groups is 1. The molecule has 1 amide bonds. The molecule has 11 heteroatoms. The molecule has 0 atom stereocenters. The molecule has 0 saturated carbocycles. The van der Waals surface area contributed by atoms with Crippen molar-refractivity contribution < 1.29 is 19.1 Å². The highest BCUT2D eigenvalue weighted by Gasteiger charge is 2.25. The van der Waals surface area contributed by atoms with Gasteiger partial charge >= 0.3 is 5.97 Å². The Kier molecular flexibility index (Phi) is 7.51. The van der Waals surface area contributed by atoms with Crippen molar-refractivity contribution in [1.29, 1.82) is 0 Å². The number of halogens is 1. The molecule has 142 valence electrons. The summed E-state index contributed by atoms with van der Waals surface area (Å²) in [6.45, 7) is 0. The van der Waals surface area contributed by atoms with Crippen LogP contribution in [0.3, 0.4) is 0 Å². The van der Waals surface area contributed by atoms with Gasteiger partial charge < -0.3 is 14.4 Å². The van der Waals surface area contributed by atoms with Gasteiger partial charge in [-0.25, -0.2) is 4.79 Å². The number of carbonyl (C=O) groups excluding carboxylic acids is 2. The summed E-state index contributed by atoms with van der Waals surface area (Å²) in [7, 11) is 4.79. The average molecular weight is 471 g/mol. The Morgan fingerprint density at radius 1 is 1.41 bits per heavy atom. The van der Waals surface area contributed by atoms with E-state index in [4.69, 9.17) is 17.0 Å². The number of esters is 1. The summed E-state index contributed by atoms with van der Waals surface area (Å²) >= 11 is 9.52. The number of nitrogens with one attached hydrogen (secondary N) is 1. The maximum atomic E-state index is 11.8. The fourth-order valence-corrected chi connectivity index (χ4v) is 2.84. The first-order valence-corrected chi connectivity index (χ1v) is 9.40. The van der Waals surface area contributed by atoms with Gasteiger partial charge in [-0.05, 0) is 42.2 Å². The van der Waals surface area contributed by atoms with Crippen molar-refractivity contribution in [2.75, 3.05) is 21.2 Å². The molecular weight excluding hydrogens is 456 g/mol. The van der Waals surface area contributed by atoms with E-state index in [0.29, 0.717) is 16.5 Å². The van der Waals surface area contributed by atoms with E-state index < -0.39 is 11.9 Å². The van der Waals surface area contributed by atoms with E-state index >= 15 is 0 Å². The van der Waals surface area contributed by atoms with Crippen molar-refractivity contribution in [3.63, 3.8) is 0 Å². The van der Waals surface area contributed by atoms with Gasteiger partial charge in [-0.3, -0.25) is 10.1 Å². The van der Waals surface area contributed by atoms with Gasteiger partial charge in [0.2, 0.25) is 0 Å². The molecule has 1 aliphatic rings. The lowest BCUT2D eigenvalue weighted by molar-refractivity contribution is -0.135. The molecule has 1 saturated heterocycles. The Balaban J connectivity index is 2.16. The number of amidine groups is 1. The molecule has 0 radical (unpaired) electrons. The molecule has 0 unspecified atom stereocenters. The minimum Gasteiger partial charge on any atom is -0.466 e. The Bertz CT molecular complexity index is 868. The number of hydrogen-bond donors (Lipinski definition) is 1. The molecule has 0 aliphatic carbocycles.